The minimum absolute atomic E-state index is 0.0297. The number of fused-ring (bicyclic) bond motifs is 1. The summed E-state index contributed by atoms with van der Waals surface area (Å²) in [4.78, 5) is 27.6. The summed E-state index contributed by atoms with van der Waals surface area (Å²) in [5, 5.41) is 2.57. The summed E-state index contributed by atoms with van der Waals surface area (Å²) in [6.45, 7) is 0.266. The molecule has 1 atom stereocenters. The molecule has 3 aromatic carbocycles. The highest BCUT2D eigenvalue weighted by Gasteiger charge is 2.36. The Labute approximate surface area is 177 Å². The molecule has 158 valence electrons. The average molecular weight is 424 g/mol. The summed E-state index contributed by atoms with van der Waals surface area (Å²) >= 11 is 0. The molecule has 0 radical (unpaired) electrons. The third kappa shape index (κ3) is 4.45. The molecule has 0 aromatic heterocycles. The first kappa shape index (κ1) is 20.7. The van der Waals surface area contributed by atoms with Crippen LogP contribution in [0, 0.1) is 0 Å². The zero-order chi connectivity index (χ0) is 22.0. The first-order chi connectivity index (χ1) is 14.8. The highest BCUT2D eigenvalue weighted by atomic mass is 19.4. The van der Waals surface area contributed by atoms with E-state index in [1.54, 1.807) is 12.1 Å². The van der Waals surface area contributed by atoms with Gasteiger partial charge in [0, 0.05) is 24.2 Å². The second-order valence-electron chi connectivity index (χ2n) is 7.36. The van der Waals surface area contributed by atoms with Gasteiger partial charge in [-0.3, -0.25) is 9.59 Å². The highest BCUT2D eigenvalue weighted by molar-refractivity contribution is 6.03. The molecule has 1 N–H and O–H groups in total. The van der Waals surface area contributed by atoms with Crippen LogP contribution in [0.4, 0.5) is 18.9 Å². The zero-order valence-electron chi connectivity index (χ0n) is 16.4. The van der Waals surface area contributed by atoms with Crippen LogP contribution in [0.15, 0.2) is 78.9 Å². The van der Waals surface area contributed by atoms with Crippen molar-refractivity contribution in [3.63, 3.8) is 0 Å². The van der Waals surface area contributed by atoms with Crippen LogP contribution in [0.1, 0.15) is 27.0 Å². The number of hydrogen-bond acceptors (Lipinski definition) is 2. The first-order valence-corrected chi connectivity index (χ1v) is 9.74. The van der Waals surface area contributed by atoms with Crippen LogP contribution in [0.5, 0.6) is 0 Å². The summed E-state index contributed by atoms with van der Waals surface area (Å²) in [5.41, 5.74) is 1.37. The standard InChI is InChI=1S/C24H19F3N2O2/c25-24(26,27)18-10-6-11-19(14-18)28-22(30)21(13-16-7-2-1-3-8-16)29-15-17-9-4-5-12-20(17)23(29)31/h1-12,14,21H,13,15H2,(H,28,30). The van der Waals surface area contributed by atoms with E-state index in [4.69, 9.17) is 0 Å². The largest absolute Gasteiger partial charge is 0.416 e. The molecule has 0 spiro atoms. The average Bonchev–Trinajstić information content (AvgIpc) is 3.09. The maximum Gasteiger partial charge on any atom is 0.416 e. The third-order valence-corrected chi connectivity index (χ3v) is 5.26. The van der Waals surface area contributed by atoms with Gasteiger partial charge in [-0.1, -0.05) is 54.6 Å². The summed E-state index contributed by atoms with van der Waals surface area (Å²) < 4.78 is 39.1. The van der Waals surface area contributed by atoms with E-state index >= 15 is 0 Å². The Morgan fingerprint density at radius 3 is 2.39 bits per heavy atom. The Hall–Kier alpha value is -3.61. The first-order valence-electron chi connectivity index (χ1n) is 9.74. The highest BCUT2D eigenvalue weighted by Crippen LogP contribution is 2.31. The summed E-state index contributed by atoms with van der Waals surface area (Å²) in [6, 6.07) is 19.9. The molecule has 1 aliphatic rings. The third-order valence-electron chi connectivity index (χ3n) is 5.26. The van der Waals surface area contributed by atoms with Crippen LogP contribution < -0.4 is 5.32 Å². The van der Waals surface area contributed by atoms with Crippen LogP contribution in [-0.4, -0.2) is 22.8 Å². The van der Waals surface area contributed by atoms with Gasteiger partial charge < -0.3 is 10.2 Å². The Kier molecular flexibility index (Phi) is 5.50. The molecule has 0 saturated carbocycles. The molecule has 7 heteroatoms. The number of carbonyl (C=O) groups excluding carboxylic acids is 2. The molecular weight excluding hydrogens is 405 g/mol. The smallest absolute Gasteiger partial charge is 0.324 e. The number of carbonyl (C=O) groups is 2. The minimum atomic E-state index is -4.52. The lowest BCUT2D eigenvalue weighted by Gasteiger charge is -2.27. The number of anilines is 1. The van der Waals surface area contributed by atoms with E-state index < -0.39 is 23.7 Å². The van der Waals surface area contributed by atoms with Crippen molar-refractivity contribution >= 4 is 17.5 Å². The zero-order valence-corrected chi connectivity index (χ0v) is 16.4. The van der Waals surface area contributed by atoms with Gasteiger partial charge >= 0.3 is 6.18 Å². The Morgan fingerprint density at radius 1 is 0.968 bits per heavy atom. The Balaban J connectivity index is 1.62. The summed E-state index contributed by atoms with van der Waals surface area (Å²) in [6.07, 6.45) is -4.28. The number of hydrogen-bond donors (Lipinski definition) is 1. The van der Waals surface area contributed by atoms with Crippen molar-refractivity contribution < 1.29 is 22.8 Å². The van der Waals surface area contributed by atoms with Crippen LogP contribution in [-0.2, 0) is 23.9 Å². The van der Waals surface area contributed by atoms with Crippen molar-refractivity contribution in [2.24, 2.45) is 0 Å². The second-order valence-corrected chi connectivity index (χ2v) is 7.36. The molecule has 0 saturated heterocycles. The van der Waals surface area contributed by atoms with Gasteiger partial charge in [0.2, 0.25) is 5.91 Å². The molecule has 1 unspecified atom stereocenters. The fourth-order valence-corrected chi connectivity index (χ4v) is 3.71. The minimum Gasteiger partial charge on any atom is -0.324 e. The number of rotatable bonds is 5. The monoisotopic (exact) mass is 424 g/mol. The Bertz CT molecular complexity index is 1110. The number of benzene rings is 3. The lowest BCUT2D eigenvalue weighted by Crippen LogP contribution is -2.45. The number of alkyl halides is 3. The van der Waals surface area contributed by atoms with Gasteiger partial charge in [0.15, 0.2) is 0 Å². The maximum atomic E-state index is 13.2. The van der Waals surface area contributed by atoms with E-state index in [-0.39, 0.29) is 24.6 Å². The molecule has 1 aliphatic heterocycles. The molecule has 4 rings (SSSR count). The van der Waals surface area contributed by atoms with Gasteiger partial charge in [-0.15, -0.1) is 0 Å². The predicted molar refractivity (Wildman–Crippen MR) is 110 cm³/mol. The van der Waals surface area contributed by atoms with Gasteiger partial charge in [-0.05, 0) is 35.4 Å². The van der Waals surface area contributed by atoms with Crippen molar-refractivity contribution in [3.05, 3.63) is 101 Å². The Morgan fingerprint density at radius 2 is 1.68 bits per heavy atom. The van der Waals surface area contributed by atoms with E-state index in [1.165, 1.54) is 17.0 Å². The number of amides is 2. The normalized spacial score (nSPS) is 14.3. The van der Waals surface area contributed by atoms with Crippen molar-refractivity contribution in [2.75, 3.05) is 5.32 Å². The van der Waals surface area contributed by atoms with Crippen LogP contribution >= 0.6 is 0 Å². The molecule has 0 fully saturated rings. The maximum absolute atomic E-state index is 13.2. The van der Waals surface area contributed by atoms with Crippen LogP contribution in [0.2, 0.25) is 0 Å². The summed E-state index contributed by atoms with van der Waals surface area (Å²) in [7, 11) is 0. The molecule has 1 heterocycles. The fourth-order valence-electron chi connectivity index (χ4n) is 3.71. The topological polar surface area (TPSA) is 49.4 Å². The van der Waals surface area contributed by atoms with Crippen LogP contribution in [0.25, 0.3) is 0 Å². The van der Waals surface area contributed by atoms with E-state index in [9.17, 15) is 22.8 Å². The number of nitrogens with one attached hydrogen (secondary N) is 1. The molecule has 0 aliphatic carbocycles. The van der Waals surface area contributed by atoms with Crippen molar-refractivity contribution in [1.29, 1.82) is 0 Å². The lowest BCUT2D eigenvalue weighted by atomic mass is 10.0. The van der Waals surface area contributed by atoms with E-state index in [0.717, 1.165) is 23.3 Å². The van der Waals surface area contributed by atoms with Gasteiger partial charge in [0.25, 0.3) is 5.91 Å². The second kappa shape index (κ2) is 8.26. The molecule has 2 amide bonds. The van der Waals surface area contributed by atoms with Crippen LogP contribution in [0.3, 0.4) is 0 Å². The van der Waals surface area contributed by atoms with Crippen molar-refractivity contribution in [2.45, 2.75) is 25.2 Å². The predicted octanol–water partition coefficient (Wildman–Crippen LogP) is 4.91. The van der Waals surface area contributed by atoms with E-state index in [1.807, 2.05) is 42.5 Å². The number of halogens is 3. The molecule has 31 heavy (non-hydrogen) atoms. The van der Waals surface area contributed by atoms with Gasteiger partial charge in [0.1, 0.15) is 6.04 Å². The molecule has 0 bridgehead atoms. The van der Waals surface area contributed by atoms with Gasteiger partial charge in [-0.25, -0.2) is 0 Å². The van der Waals surface area contributed by atoms with Crippen molar-refractivity contribution in [3.8, 4) is 0 Å². The van der Waals surface area contributed by atoms with E-state index in [0.29, 0.717) is 5.56 Å². The quantitative estimate of drug-likeness (QED) is 0.633. The molecular formula is C24H19F3N2O2. The van der Waals surface area contributed by atoms with Gasteiger partial charge in [-0.2, -0.15) is 13.2 Å². The van der Waals surface area contributed by atoms with Crippen molar-refractivity contribution in [1.82, 2.24) is 4.90 Å². The van der Waals surface area contributed by atoms with E-state index in [2.05, 4.69) is 5.32 Å². The lowest BCUT2D eigenvalue weighted by molar-refractivity contribution is -0.137. The van der Waals surface area contributed by atoms with Gasteiger partial charge in [0.05, 0.1) is 5.56 Å². The number of nitrogens with zero attached hydrogens (tertiary/aromatic N) is 1. The molecule has 4 nitrogen and oxygen atoms in total. The SMILES string of the molecule is O=C(Nc1cccc(C(F)(F)F)c1)C(Cc1ccccc1)N1Cc2ccccc2C1=O. The summed E-state index contributed by atoms with van der Waals surface area (Å²) in [5.74, 6) is -0.806. The molecule has 3 aromatic rings. The fraction of sp³-hybridized carbons (Fsp3) is 0.167.